The van der Waals surface area contributed by atoms with Gasteiger partial charge in [-0.1, -0.05) is 22.9 Å². The van der Waals surface area contributed by atoms with Gasteiger partial charge in [0.05, 0.1) is 6.61 Å². The maximum absolute atomic E-state index is 10.6. The van der Waals surface area contributed by atoms with Gasteiger partial charge in [0.2, 0.25) is 5.91 Å². The first kappa shape index (κ1) is 16.0. The summed E-state index contributed by atoms with van der Waals surface area (Å²) in [4.78, 5) is 10.6. The third-order valence-corrected chi connectivity index (χ3v) is 3.07. The molecular weight excluding hydrogens is 308 g/mol. The Morgan fingerprint density at radius 1 is 1.47 bits per heavy atom. The number of amides is 1. The van der Waals surface area contributed by atoms with Crippen LogP contribution in [0.15, 0.2) is 22.7 Å². The van der Waals surface area contributed by atoms with Gasteiger partial charge in [0.1, 0.15) is 5.75 Å². The van der Waals surface area contributed by atoms with Crippen molar-refractivity contribution in [2.75, 3.05) is 13.2 Å². The van der Waals surface area contributed by atoms with Gasteiger partial charge in [-0.15, -0.1) is 0 Å². The first-order valence-electron chi connectivity index (χ1n) is 6.53. The lowest BCUT2D eigenvalue weighted by molar-refractivity contribution is -0.118. The zero-order valence-corrected chi connectivity index (χ0v) is 12.8. The fourth-order valence-corrected chi connectivity index (χ4v) is 2.06. The molecule has 1 aromatic carbocycles. The first-order chi connectivity index (χ1) is 9.13. The number of benzene rings is 1. The maximum atomic E-state index is 10.6. The summed E-state index contributed by atoms with van der Waals surface area (Å²) in [5.74, 6) is 0.656. The van der Waals surface area contributed by atoms with E-state index in [1.54, 1.807) is 0 Å². The van der Waals surface area contributed by atoms with E-state index < -0.39 is 0 Å². The minimum atomic E-state index is -0.253. The molecule has 0 fully saturated rings. The minimum Gasteiger partial charge on any atom is -0.493 e. The van der Waals surface area contributed by atoms with E-state index in [2.05, 4.69) is 28.2 Å². The molecule has 0 heterocycles. The van der Waals surface area contributed by atoms with Crippen LogP contribution in [0.5, 0.6) is 5.75 Å². The molecule has 3 N–H and O–H groups in total. The lowest BCUT2D eigenvalue weighted by Gasteiger charge is -2.12. The lowest BCUT2D eigenvalue weighted by Crippen LogP contribution is -2.18. The standard InChI is InChI=1S/C14H21BrN2O2/c1-2-8-19-13-6-5-12(15)9-11(13)10-17-7-3-4-14(16)18/h5-6,9,17H,2-4,7-8,10H2,1H3,(H2,16,18). The molecule has 0 aliphatic carbocycles. The van der Waals surface area contributed by atoms with Crippen molar-refractivity contribution in [2.24, 2.45) is 5.73 Å². The van der Waals surface area contributed by atoms with Gasteiger partial charge < -0.3 is 15.8 Å². The maximum Gasteiger partial charge on any atom is 0.217 e. The number of halogens is 1. The molecule has 1 rings (SSSR count). The highest BCUT2D eigenvalue weighted by Crippen LogP contribution is 2.23. The molecule has 0 unspecified atom stereocenters. The average molecular weight is 329 g/mol. The molecule has 1 aromatic rings. The van der Waals surface area contributed by atoms with Crippen LogP contribution >= 0.6 is 15.9 Å². The molecule has 1 amide bonds. The van der Waals surface area contributed by atoms with Crippen molar-refractivity contribution in [1.29, 1.82) is 0 Å². The molecule has 5 heteroatoms. The number of nitrogens with two attached hydrogens (primary N) is 1. The number of carbonyl (C=O) groups is 1. The van der Waals surface area contributed by atoms with Crippen LogP contribution < -0.4 is 15.8 Å². The molecule has 4 nitrogen and oxygen atoms in total. The Morgan fingerprint density at radius 3 is 2.95 bits per heavy atom. The van der Waals surface area contributed by atoms with Crippen LogP contribution in [0.4, 0.5) is 0 Å². The van der Waals surface area contributed by atoms with Gasteiger partial charge in [0, 0.05) is 23.0 Å². The van der Waals surface area contributed by atoms with E-state index >= 15 is 0 Å². The Kier molecular flexibility index (Phi) is 7.52. The zero-order valence-electron chi connectivity index (χ0n) is 11.2. The number of rotatable bonds is 9. The normalized spacial score (nSPS) is 10.4. The van der Waals surface area contributed by atoms with Crippen molar-refractivity contribution in [2.45, 2.75) is 32.7 Å². The first-order valence-corrected chi connectivity index (χ1v) is 7.33. The topological polar surface area (TPSA) is 64.3 Å². The Hall–Kier alpha value is -1.07. The SMILES string of the molecule is CCCOc1ccc(Br)cc1CNCCCC(N)=O. The van der Waals surface area contributed by atoms with E-state index in [-0.39, 0.29) is 5.91 Å². The van der Waals surface area contributed by atoms with Crippen molar-refractivity contribution >= 4 is 21.8 Å². The second kappa shape index (κ2) is 8.93. The summed E-state index contributed by atoms with van der Waals surface area (Å²) in [6.45, 7) is 4.29. The van der Waals surface area contributed by atoms with E-state index in [4.69, 9.17) is 10.5 Å². The number of carbonyl (C=O) groups excluding carboxylic acids is 1. The largest absolute Gasteiger partial charge is 0.493 e. The number of ether oxygens (including phenoxy) is 1. The average Bonchev–Trinajstić information content (AvgIpc) is 2.37. The van der Waals surface area contributed by atoms with Crippen LogP contribution in [0, 0.1) is 0 Å². The van der Waals surface area contributed by atoms with Crippen LogP contribution in [0.25, 0.3) is 0 Å². The molecule has 0 saturated carbocycles. The van der Waals surface area contributed by atoms with Gasteiger partial charge in [-0.2, -0.15) is 0 Å². The second-order valence-electron chi connectivity index (χ2n) is 4.35. The van der Waals surface area contributed by atoms with Crippen LogP contribution in [-0.4, -0.2) is 19.1 Å². The molecular formula is C14H21BrN2O2. The highest BCUT2D eigenvalue weighted by molar-refractivity contribution is 9.10. The smallest absolute Gasteiger partial charge is 0.217 e. The molecule has 106 valence electrons. The summed E-state index contributed by atoms with van der Waals surface area (Å²) >= 11 is 3.46. The van der Waals surface area contributed by atoms with Crippen molar-refractivity contribution in [3.8, 4) is 5.75 Å². The van der Waals surface area contributed by atoms with E-state index in [0.717, 1.165) is 48.3 Å². The van der Waals surface area contributed by atoms with Gasteiger partial charge in [0.15, 0.2) is 0 Å². The third-order valence-electron chi connectivity index (χ3n) is 2.58. The van der Waals surface area contributed by atoms with Crippen LogP contribution in [0.1, 0.15) is 31.7 Å². The predicted octanol–water partition coefficient (Wildman–Crippen LogP) is 2.59. The number of nitrogens with one attached hydrogen (secondary N) is 1. The van der Waals surface area contributed by atoms with Gasteiger partial charge in [-0.05, 0) is 37.6 Å². The highest BCUT2D eigenvalue weighted by atomic mass is 79.9. The molecule has 0 bridgehead atoms. The summed E-state index contributed by atoms with van der Waals surface area (Å²) in [5.41, 5.74) is 6.20. The predicted molar refractivity (Wildman–Crippen MR) is 80.1 cm³/mol. The summed E-state index contributed by atoms with van der Waals surface area (Å²) in [6, 6.07) is 5.99. The molecule has 0 spiro atoms. The summed E-state index contributed by atoms with van der Waals surface area (Å²) in [7, 11) is 0. The van der Waals surface area contributed by atoms with Crippen molar-refractivity contribution < 1.29 is 9.53 Å². The van der Waals surface area contributed by atoms with Gasteiger partial charge in [-0.3, -0.25) is 4.79 Å². The summed E-state index contributed by atoms with van der Waals surface area (Å²) in [6.07, 6.45) is 2.17. The Labute approximate surface area is 122 Å². The molecule has 0 aliphatic heterocycles. The Bertz CT molecular complexity index is 410. The van der Waals surface area contributed by atoms with Crippen molar-refractivity contribution in [1.82, 2.24) is 5.32 Å². The monoisotopic (exact) mass is 328 g/mol. The summed E-state index contributed by atoms with van der Waals surface area (Å²) < 4.78 is 6.73. The second-order valence-corrected chi connectivity index (χ2v) is 5.26. The Balaban J connectivity index is 2.46. The molecule has 0 saturated heterocycles. The zero-order chi connectivity index (χ0) is 14.1. The number of primary amides is 1. The van der Waals surface area contributed by atoms with E-state index in [1.165, 1.54) is 0 Å². The van der Waals surface area contributed by atoms with E-state index in [1.807, 2.05) is 18.2 Å². The minimum absolute atomic E-state index is 0.253. The van der Waals surface area contributed by atoms with Crippen molar-refractivity contribution in [3.63, 3.8) is 0 Å². The molecule has 0 radical (unpaired) electrons. The quantitative estimate of drug-likeness (QED) is 0.685. The fraction of sp³-hybridized carbons (Fsp3) is 0.500. The molecule has 0 aliphatic rings. The van der Waals surface area contributed by atoms with Crippen molar-refractivity contribution in [3.05, 3.63) is 28.2 Å². The van der Waals surface area contributed by atoms with Crippen LogP contribution in [0.3, 0.4) is 0 Å². The van der Waals surface area contributed by atoms with E-state index in [0.29, 0.717) is 6.42 Å². The molecule has 0 aromatic heterocycles. The molecule has 0 atom stereocenters. The molecule has 19 heavy (non-hydrogen) atoms. The number of hydrogen-bond donors (Lipinski definition) is 2. The van der Waals surface area contributed by atoms with Gasteiger partial charge in [-0.25, -0.2) is 0 Å². The third kappa shape index (κ3) is 6.59. The fourth-order valence-electron chi connectivity index (χ4n) is 1.65. The van der Waals surface area contributed by atoms with Gasteiger partial charge in [0.25, 0.3) is 0 Å². The van der Waals surface area contributed by atoms with Crippen LogP contribution in [-0.2, 0) is 11.3 Å². The summed E-state index contributed by atoms with van der Waals surface area (Å²) in [5, 5.41) is 3.29. The number of hydrogen-bond acceptors (Lipinski definition) is 3. The Morgan fingerprint density at radius 2 is 2.26 bits per heavy atom. The van der Waals surface area contributed by atoms with Crippen LogP contribution in [0.2, 0.25) is 0 Å². The van der Waals surface area contributed by atoms with Gasteiger partial charge >= 0.3 is 0 Å². The lowest BCUT2D eigenvalue weighted by atomic mass is 10.2. The van der Waals surface area contributed by atoms with E-state index in [9.17, 15) is 4.79 Å². The highest BCUT2D eigenvalue weighted by Gasteiger charge is 2.04.